The van der Waals surface area contributed by atoms with Gasteiger partial charge in [0.15, 0.2) is 5.82 Å². The molecule has 2 N–H and O–H groups in total. The molecule has 0 fully saturated rings. The molecule has 6 heteroatoms. The van der Waals surface area contributed by atoms with E-state index in [4.69, 9.17) is 28.9 Å². The van der Waals surface area contributed by atoms with E-state index in [2.05, 4.69) is 8.75 Å². The summed E-state index contributed by atoms with van der Waals surface area (Å²) < 4.78 is 7.92. The standard InChI is InChI=1S/C8H5Cl2N3S/c9-5-3-1-2-4(6(5)10)7-8(11)13-14-12-7/h1-3H,(H2,11,13). The monoisotopic (exact) mass is 245 g/mol. The van der Waals surface area contributed by atoms with Gasteiger partial charge >= 0.3 is 0 Å². The van der Waals surface area contributed by atoms with E-state index in [0.717, 1.165) is 11.7 Å². The summed E-state index contributed by atoms with van der Waals surface area (Å²) in [4.78, 5) is 0. The molecule has 0 amide bonds. The Balaban J connectivity index is 2.63. The fraction of sp³-hybridized carbons (Fsp3) is 0. The van der Waals surface area contributed by atoms with Crippen LogP contribution in [0.15, 0.2) is 18.2 Å². The first-order chi connectivity index (χ1) is 6.70. The first-order valence-electron chi connectivity index (χ1n) is 3.72. The maximum Gasteiger partial charge on any atom is 0.165 e. The van der Waals surface area contributed by atoms with E-state index < -0.39 is 0 Å². The Bertz CT molecular complexity index is 469. The Morgan fingerprint density at radius 1 is 1.21 bits per heavy atom. The quantitative estimate of drug-likeness (QED) is 0.841. The third-order valence-electron chi connectivity index (χ3n) is 1.72. The molecular formula is C8H5Cl2N3S. The van der Waals surface area contributed by atoms with E-state index >= 15 is 0 Å². The minimum atomic E-state index is 0.374. The molecule has 0 aliphatic heterocycles. The number of hydrogen-bond acceptors (Lipinski definition) is 4. The number of aromatic nitrogens is 2. The van der Waals surface area contributed by atoms with Gasteiger partial charge in [-0.25, -0.2) is 0 Å². The van der Waals surface area contributed by atoms with Gasteiger partial charge < -0.3 is 5.73 Å². The fourth-order valence-electron chi connectivity index (χ4n) is 1.07. The molecule has 0 spiro atoms. The van der Waals surface area contributed by atoms with Crippen molar-refractivity contribution in [3.05, 3.63) is 28.2 Å². The van der Waals surface area contributed by atoms with E-state index in [1.54, 1.807) is 18.2 Å². The molecule has 72 valence electrons. The van der Waals surface area contributed by atoms with Crippen molar-refractivity contribution in [2.45, 2.75) is 0 Å². The third kappa shape index (κ3) is 1.56. The molecule has 0 saturated carbocycles. The maximum absolute atomic E-state index is 6.01. The SMILES string of the molecule is Nc1nsnc1-c1cccc(Cl)c1Cl. The number of nitrogen functional groups attached to an aromatic ring is 1. The van der Waals surface area contributed by atoms with E-state index in [-0.39, 0.29) is 0 Å². The summed E-state index contributed by atoms with van der Waals surface area (Å²) in [5.41, 5.74) is 6.93. The van der Waals surface area contributed by atoms with E-state index in [9.17, 15) is 0 Å². The van der Waals surface area contributed by atoms with Crippen LogP contribution in [-0.2, 0) is 0 Å². The molecule has 1 aromatic heterocycles. The number of nitrogens with two attached hydrogens (primary N) is 1. The topological polar surface area (TPSA) is 51.8 Å². The summed E-state index contributed by atoms with van der Waals surface area (Å²) >= 11 is 12.9. The number of rotatable bonds is 1. The van der Waals surface area contributed by atoms with Gasteiger partial charge in [0.05, 0.1) is 21.8 Å². The summed E-state index contributed by atoms with van der Waals surface area (Å²) in [6.45, 7) is 0. The van der Waals surface area contributed by atoms with Crippen molar-refractivity contribution >= 4 is 40.7 Å². The maximum atomic E-state index is 6.01. The number of nitrogens with zero attached hydrogens (tertiary/aromatic N) is 2. The van der Waals surface area contributed by atoms with Crippen LogP contribution in [0.1, 0.15) is 0 Å². The molecule has 0 unspecified atom stereocenters. The van der Waals surface area contributed by atoms with Gasteiger partial charge in [0.25, 0.3) is 0 Å². The molecule has 0 bridgehead atoms. The molecule has 0 saturated heterocycles. The molecule has 1 aromatic carbocycles. The van der Waals surface area contributed by atoms with Gasteiger partial charge in [-0.15, -0.1) is 0 Å². The Kier molecular flexibility index (Phi) is 2.58. The van der Waals surface area contributed by atoms with E-state index in [1.807, 2.05) is 0 Å². The number of hydrogen-bond donors (Lipinski definition) is 1. The Morgan fingerprint density at radius 3 is 2.64 bits per heavy atom. The first-order valence-corrected chi connectivity index (χ1v) is 5.21. The zero-order chi connectivity index (χ0) is 10.1. The Morgan fingerprint density at radius 2 is 2.00 bits per heavy atom. The highest BCUT2D eigenvalue weighted by Gasteiger charge is 2.12. The van der Waals surface area contributed by atoms with Gasteiger partial charge in [-0.1, -0.05) is 35.3 Å². The van der Waals surface area contributed by atoms with Crippen molar-refractivity contribution in [3.63, 3.8) is 0 Å². The van der Waals surface area contributed by atoms with Crippen molar-refractivity contribution in [3.8, 4) is 11.3 Å². The van der Waals surface area contributed by atoms with Crippen molar-refractivity contribution in [1.82, 2.24) is 8.75 Å². The summed E-state index contributed by atoms with van der Waals surface area (Å²) in [7, 11) is 0. The molecule has 0 aliphatic rings. The van der Waals surface area contributed by atoms with Crippen molar-refractivity contribution in [1.29, 1.82) is 0 Å². The number of halogens is 2. The van der Waals surface area contributed by atoms with Crippen molar-refractivity contribution in [2.75, 3.05) is 5.73 Å². The van der Waals surface area contributed by atoms with Gasteiger partial charge in [-0.05, 0) is 6.07 Å². The van der Waals surface area contributed by atoms with Gasteiger partial charge in [0.1, 0.15) is 5.69 Å². The predicted octanol–water partition coefficient (Wildman–Crippen LogP) is 3.09. The highest BCUT2D eigenvalue weighted by molar-refractivity contribution is 6.99. The second-order valence-electron chi connectivity index (χ2n) is 2.60. The van der Waals surface area contributed by atoms with Crippen molar-refractivity contribution < 1.29 is 0 Å². The van der Waals surface area contributed by atoms with Gasteiger partial charge in [0.2, 0.25) is 0 Å². The van der Waals surface area contributed by atoms with Crippen LogP contribution in [0.5, 0.6) is 0 Å². The molecular weight excluding hydrogens is 241 g/mol. The normalized spacial score (nSPS) is 10.4. The van der Waals surface area contributed by atoms with Crippen LogP contribution >= 0.6 is 34.9 Å². The molecule has 0 atom stereocenters. The third-order valence-corrected chi connectivity index (χ3v) is 3.08. The van der Waals surface area contributed by atoms with Crippen LogP contribution in [0.2, 0.25) is 10.0 Å². The largest absolute Gasteiger partial charge is 0.381 e. The molecule has 14 heavy (non-hydrogen) atoms. The summed E-state index contributed by atoms with van der Waals surface area (Å²) in [6, 6.07) is 5.31. The molecule has 2 rings (SSSR count). The average Bonchev–Trinajstić information content (AvgIpc) is 2.57. The molecule has 2 aromatic rings. The van der Waals surface area contributed by atoms with Gasteiger partial charge in [-0.2, -0.15) is 8.75 Å². The average molecular weight is 246 g/mol. The predicted molar refractivity (Wildman–Crippen MR) is 59.8 cm³/mol. The zero-order valence-electron chi connectivity index (χ0n) is 6.87. The van der Waals surface area contributed by atoms with Crippen LogP contribution in [0.4, 0.5) is 5.82 Å². The van der Waals surface area contributed by atoms with Crippen LogP contribution in [-0.4, -0.2) is 8.75 Å². The van der Waals surface area contributed by atoms with Crippen LogP contribution in [0.3, 0.4) is 0 Å². The molecule has 0 aliphatic carbocycles. The van der Waals surface area contributed by atoms with Crippen LogP contribution in [0, 0.1) is 0 Å². The zero-order valence-corrected chi connectivity index (χ0v) is 9.20. The Labute approximate surface area is 94.8 Å². The minimum absolute atomic E-state index is 0.374. The summed E-state index contributed by atoms with van der Waals surface area (Å²) in [5, 5.41) is 0.935. The van der Waals surface area contributed by atoms with Crippen LogP contribution < -0.4 is 5.73 Å². The lowest BCUT2D eigenvalue weighted by molar-refractivity contribution is 1.49. The lowest BCUT2D eigenvalue weighted by Gasteiger charge is -2.02. The smallest absolute Gasteiger partial charge is 0.165 e. The highest BCUT2D eigenvalue weighted by Crippen LogP contribution is 2.34. The Hall–Kier alpha value is -0.840. The van der Waals surface area contributed by atoms with E-state index in [1.165, 1.54) is 0 Å². The minimum Gasteiger partial charge on any atom is -0.381 e. The van der Waals surface area contributed by atoms with Gasteiger partial charge in [0, 0.05) is 5.56 Å². The summed E-state index contributed by atoms with van der Waals surface area (Å²) in [6.07, 6.45) is 0. The second-order valence-corrected chi connectivity index (χ2v) is 3.91. The number of benzene rings is 1. The first kappa shape index (κ1) is 9.71. The summed E-state index contributed by atoms with van der Waals surface area (Å²) in [5.74, 6) is 0.374. The molecule has 1 heterocycles. The molecule has 3 nitrogen and oxygen atoms in total. The van der Waals surface area contributed by atoms with Crippen molar-refractivity contribution in [2.24, 2.45) is 0 Å². The van der Waals surface area contributed by atoms with Gasteiger partial charge in [-0.3, -0.25) is 0 Å². The highest BCUT2D eigenvalue weighted by atomic mass is 35.5. The van der Waals surface area contributed by atoms with E-state index in [0.29, 0.717) is 27.1 Å². The van der Waals surface area contributed by atoms with Crippen LogP contribution in [0.25, 0.3) is 11.3 Å². The lowest BCUT2D eigenvalue weighted by Crippen LogP contribution is -1.89. The second kappa shape index (κ2) is 3.73. The lowest BCUT2D eigenvalue weighted by atomic mass is 10.1. The fourth-order valence-corrected chi connectivity index (χ4v) is 1.95. The number of anilines is 1. The molecule has 0 radical (unpaired) electrons.